The summed E-state index contributed by atoms with van der Waals surface area (Å²) in [5, 5.41) is 0. The van der Waals surface area contributed by atoms with E-state index in [2.05, 4.69) is 13.8 Å². The fourth-order valence-electron chi connectivity index (χ4n) is 2.74. The van der Waals surface area contributed by atoms with Crippen molar-refractivity contribution in [2.45, 2.75) is 46.3 Å². The highest BCUT2D eigenvalue weighted by Crippen LogP contribution is 2.38. The van der Waals surface area contributed by atoms with Crippen LogP contribution in [0.1, 0.15) is 40.5 Å². The number of rotatable bonds is 3. The molecule has 0 saturated carbocycles. The van der Waals surface area contributed by atoms with E-state index in [0.29, 0.717) is 19.1 Å². The van der Waals surface area contributed by atoms with Crippen LogP contribution in [-0.2, 0) is 14.3 Å². The van der Waals surface area contributed by atoms with Crippen molar-refractivity contribution in [1.29, 1.82) is 0 Å². The van der Waals surface area contributed by atoms with E-state index in [9.17, 15) is 4.79 Å². The van der Waals surface area contributed by atoms with Crippen molar-refractivity contribution >= 4 is 5.91 Å². The molecule has 2 saturated heterocycles. The van der Waals surface area contributed by atoms with Gasteiger partial charge in [0.1, 0.15) is 0 Å². The van der Waals surface area contributed by atoms with Gasteiger partial charge in [-0.1, -0.05) is 13.8 Å². The molecule has 0 unspecified atom stereocenters. The van der Waals surface area contributed by atoms with Gasteiger partial charge in [-0.2, -0.15) is 0 Å². The van der Waals surface area contributed by atoms with Gasteiger partial charge in [0, 0.05) is 19.0 Å². The molecule has 104 valence electrons. The van der Waals surface area contributed by atoms with Crippen molar-refractivity contribution in [3.63, 3.8) is 0 Å². The Kier molecular flexibility index (Phi) is 3.70. The highest BCUT2D eigenvalue weighted by Gasteiger charge is 2.50. The van der Waals surface area contributed by atoms with Gasteiger partial charge in [-0.25, -0.2) is 0 Å². The summed E-state index contributed by atoms with van der Waals surface area (Å²) in [5.74, 6) is 0.0186. The van der Waals surface area contributed by atoms with Crippen LogP contribution in [-0.4, -0.2) is 42.9 Å². The van der Waals surface area contributed by atoms with Crippen LogP contribution in [0.2, 0.25) is 0 Å². The van der Waals surface area contributed by atoms with Gasteiger partial charge in [0.25, 0.3) is 0 Å². The normalized spacial score (nSPS) is 25.3. The van der Waals surface area contributed by atoms with Gasteiger partial charge in [-0.3, -0.25) is 4.79 Å². The topological polar surface area (TPSA) is 38.8 Å². The Morgan fingerprint density at radius 3 is 2.11 bits per heavy atom. The van der Waals surface area contributed by atoms with Crippen LogP contribution < -0.4 is 0 Å². The third-order valence-corrected chi connectivity index (χ3v) is 4.15. The highest BCUT2D eigenvalue weighted by molar-refractivity contribution is 5.79. The number of carbonyl (C=O) groups excluding carboxylic acids is 1. The minimum Gasteiger partial charge on any atom is -0.350 e. The van der Waals surface area contributed by atoms with Gasteiger partial charge in [0.15, 0.2) is 5.79 Å². The summed E-state index contributed by atoms with van der Waals surface area (Å²) in [6.45, 7) is 11.0. The first-order valence-electron chi connectivity index (χ1n) is 6.98. The van der Waals surface area contributed by atoms with Crippen molar-refractivity contribution in [2.24, 2.45) is 11.3 Å². The quantitative estimate of drug-likeness (QED) is 0.774. The predicted molar refractivity (Wildman–Crippen MR) is 69.1 cm³/mol. The Morgan fingerprint density at radius 2 is 1.67 bits per heavy atom. The molecule has 1 amide bonds. The molecule has 2 heterocycles. The number of hydrogen-bond acceptors (Lipinski definition) is 3. The van der Waals surface area contributed by atoms with E-state index in [-0.39, 0.29) is 11.3 Å². The summed E-state index contributed by atoms with van der Waals surface area (Å²) in [4.78, 5) is 14.1. The minimum absolute atomic E-state index is 0.0528. The molecule has 0 aromatic rings. The predicted octanol–water partition coefficient (Wildman–Crippen LogP) is 2.03. The average molecular weight is 255 g/mol. The number of likely N-dealkylation sites (tertiary alicyclic amines) is 1. The molecule has 0 N–H and O–H groups in total. The molecular formula is C14H25NO3. The average Bonchev–Trinajstić information content (AvgIpc) is 2.28. The van der Waals surface area contributed by atoms with Gasteiger partial charge in [0.05, 0.1) is 18.6 Å². The third kappa shape index (κ3) is 2.54. The van der Waals surface area contributed by atoms with Crippen molar-refractivity contribution < 1.29 is 14.3 Å². The fraction of sp³-hybridized carbons (Fsp3) is 0.929. The summed E-state index contributed by atoms with van der Waals surface area (Å²) < 4.78 is 11.4. The Hall–Kier alpha value is -0.610. The number of ether oxygens (including phenoxy) is 2. The second-order valence-corrected chi connectivity index (χ2v) is 6.18. The SMILES string of the molecule is CCC(CC)C(=O)N1CC2(COC(C)(C)OC2)C1. The molecule has 0 aliphatic carbocycles. The molecule has 2 rings (SSSR count). The lowest BCUT2D eigenvalue weighted by molar-refractivity contribution is -0.303. The zero-order valence-corrected chi connectivity index (χ0v) is 12.0. The molecule has 2 aliphatic heterocycles. The minimum atomic E-state index is -0.467. The van der Waals surface area contributed by atoms with E-state index < -0.39 is 5.79 Å². The maximum absolute atomic E-state index is 12.2. The molecule has 0 radical (unpaired) electrons. The van der Waals surface area contributed by atoms with E-state index in [0.717, 1.165) is 25.9 Å². The molecule has 0 atom stereocenters. The summed E-state index contributed by atoms with van der Waals surface area (Å²) in [6, 6.07) is 0. The Labute approximate surface area is 110 Å². The second kappa shape index (κ2) is 4.82. The summed E-state index contributed by atoms with van der Waals surface area (Å²) >= 11 is 0. The molecule has 2 aliphatic rings. The largest absolute Gasteiger partial charge is 0.350 e. The van der Waals surface area contributed by atoms with Crippen LogP contribution in [0.5, 0.6) is 0 Å². The van der Waals surface area contributed by atoms with E-state index >= 15 is 0 Å². The van der Waals surface area contributed by atoms with Crippen LogP contribution in [0, 0.1) is 11.3 Å². The van der Waals surface area contributed by atoms with E-state index in [1.54, 1.807) is 0 Å². The first kappa shape index (κ1) is 13.8. The molecule has 2 fully saturated rings. The van der Waals surface area contributed by atoms with Gasteiger partial charge in [-0.05, 0) is 26.7 Å². The molecule has 1 spiro atoms. The lowest BCUT2D eigenvalue weighted by Gasteiger charge is -2.54. The molecule has 4 heteroatoms. The van der Waals surface area contributed by atoms with E-state index in [1.165, 1.54) is 0 Å². The van der Waals surface area contributed by atoms with Gasteiger partial charge >= 0.3 is 0 Å². The van der Waals surface area contributed by atoms with Crippen LogP contribution in [0.4, 0.5) is 0 Å². The van der Waals surface area contributed by atoms with Crippen LogP contribution in [0.3, 0.4) is 0 Å². The maximum Gasteiger partial charge on any atom is 0.225 e. The van der Waals surface area contributed by atoms with Gasteiger partial charge in [0.2, 0.25) is 5.91 Å². The number of carbonyl (C=O) groups is 1. The second-order valence-electron chi connectivity index (χ2n) is 6.18. The van der Waals surface area contributed by atoms with Crippen molar-refractivity contribution in [1.82, 2.24) is 4.90 Å². The number of nitrogens with zero attached hydrogens (tertiary/aromatic N) is 1. The van der Waals surface area contributed by atoms with Gasteiger partial charge < -0.3 is 14.4 Å². The van der Waals surface area contributed by atoms with Crippen LogP contribution in [0.25, 0.3) is 0 Å². The summed E-state index contributed by atoms with van der Waals surface area (Å²) in [5.41, 5.74) is 0.0528. The molecule has 0 bridgehead atoms. The number of amides is 1. The third-order valence-electron chi connectivity index (χ3n) is 4.15. The van der Waals surface area contributed by atoms with Crippen molar-refractivity contribution in [3.05, 3.63) is 0 Å². The smallest absolute Gasteiger partial charge is 0.225 e. The lowest BCUT2D eigenvalue weighted by Crippen LogP contribution is -2.66. The molecule has 0 aromatic heterocycles. The summed E-state index contributed by atoms with van der Waals surface area (Å²) in [6.07, 6.45) is 1.86. The monoisotopic (exact) mass is 255 g/mol. The first-order chi connectivity index (χ1) is 8.41. The molecule has 18 heavy (non-hydrogen) atoms. The number of hydrogen-bond donors (Lipinski definition) is 0. The van der Waals surface area contributed by atoms with Crippen molar-refractivity contribution in [2.75, 3.05) is 26.3 Å². The zero-order chi connectivity index (χ0) is 13.4. The first-order valence-corrected chi connectivity index (χ1v) is 6.98. The standard InChI is InChI=1S/C14H25NO3/c1-5-11(6-2)12(16)15-7-14(8-15)9-17-13(3,4)18-10-14/h11H,5-10H2,1-4H3. The van der Waals surface area contributed by atoms with Crippen molar-refractivity contribution in [3.8, 4) is 0 Å². The van der Waals surface area contributed by atoms with Gasteiger partial charge in [-0.15, -0.1) is 0 Å². The summed E-state index contributed by atoms with van der Waals surface area (Å²) in [7, 11) is 0. The lowest BCUT2D eigenvalue weighted by atomic mass is 9.79. The highest BCUT2D eigenvalue weighted by atomic mass is 16.7. The fourth-order valence-corrected chi connectivity index (χ4v) is 2.74. The van der Waals surface area contributed by atoms with Crippen LogP contribution in [0.15, 0.2) is 0 Å². The Morgan fingerprint density at radius 1 is 1.17 bits per heavy atom. The van der Waals surface area contributed by atoms with E-state index in [1.807, 2.05) is 18.7 Å². The molecule has 0 aromatic carbocycles. The zero-order valence-electron chi connectivity index (χ0n) is 12.0. The maximum atomic E-state index is 12.2. The van der Waals surface area contributed by atoms with E-state index in [4.69, 9.17) is 9.47 Å². The Balaban J connectivity index is 1.85. The Bertz CT molecular complexity index is 305. The van der Waals surface area contributed by atoms with Crippen LogP contribution >= 0.6 is 0 Å². The molecule has 4 nitrogen and oxygen atoms in total. The molecular weight excluding hydrogens is 230 g/mol.